The van der Waals surface area contributed by atoms with Gasteiger partial charge >= 0.3 is 0 Å². The maximum absolute atomic E-state index is 11.7. The zero-order valence-corrected chi connectivity index (χ0v) is 8.69. The number of ketones is 1. The summed E-state index contributed by atoms with van der Waals surface area (Å²) in [4.78, 5) is 15.6. The van der Waals surface area contributed by atoms with Crippen LogP contribution in [0.4, 0.5) is 0 Å². The number of pyridine rings is 1. The largest absolute Gasteiger partial charge is 0.379 e. The van der Waals surface area contributed by atoms with Gasteiger partial charge in [0.25, 0.3) is 0 Å². The molecule has 1 aromatic rings. The van der Waals surface area contributed by atoms with Gasteiger partial charge in [-0.3, -0.25) is 9.78 Å². The van der Waals surface area contributed by atoms with Crippen LogP contribution in [0.1, 0.15) is 32.6 Å². The lowest BCUT2D eigenvalue weighted by atomic mass is 9.86. The van der Waals surface area contributed by atoms with Gasteiger partial charge in [0.2, 0.25) is 0 Å². The summed E-state index contributed by atoms with van der Waals surface area (Å²) in [5.41, 5.74) is -0.135. The molecule has 0 amide bonds. The Kier molecular flexibility index (Phi) is 3.01. The van der Waals surface area contributed by atoms with E-state index >= 15 is 0 Å². The molecule has 0 aliphatic carbocycles. The van der Waals surface area contributed by atoms with E-state index in [1.54, 1.807) is 45.2 Å². The number of rotatable bonds is 2. The molecular formula is C11H15NO2. The van der Waals surface area contributed by atoms with Crippen molar-refractivity contribution in [3.8, 4) is 0 Å². The zero-order valence-electron chi connectivity index (χ0n) is 8.69. The van der Waals surface area contributed by atoms with Crippen molar-refractivity contribution in [1.29, 1.82) is 0 Å². The Labute approximate surface area is 83.8 Å². The molecular weight excluding hydrogens is 178 g/mol. The van der Waals surface area contributed by atoms with E-state index in [1.165, 1.54) is 0 Å². The highest BCUT2D eigenvalue weighted by Gasteiger charge is 2.29. The smallest absolute Gasteiger partial charge is 0.172 e. The Morgan fingerprint density at radius 2 is 2.07 bits per heavy atom. The van der Waals surface area contributed by atoms with Crippen LogP contribution in [0.15, 0.2) is 24.4 Å². The van der Waals surface area contributed by atoms with Crippen LogP contribution >= 0.6 is 0 Å². The number of nitrogens with zero attached hydrogens (tertiary/aromatic N) is 1. The minimum Gasteiger partial charge on any atom is -0.379 e. The van der Waals surface area contributed by atoms with Crippen LogP contribution in [-0.2, 0) is 4.79 Å². The molecule has 76 valence electrons. The van der Waals surface area contributed by atoms with Crippen LogP contribution in [0, 0.1) is 5.41 Å². The van der Waals surface area contributed by atoms with E-state index in [0.717, 1.165) is 0 Å². The van der Waals surface area contributed by atoms with Crippen molar-refractivity contribution >= 4 is 5.78 Å². The molecule has 1 heterocycles. The fourth-order valence-corrected chi connectivity index (χ4v) is 1.08. The Hall–Kier alpha value is -1.22. The molecule has 0 bridgehead atoms. The van der Waals surface area contributed by atoms with Crippen LogP contribution in [0.5, 0.6) is 0 Å². The monoisotopic (exact) mass is 193 g/mol. The van der Waals surface area contributed by atoms with Crippen molar-refractivity contribution < 1.29 is 9.90 Å². The summed E-state index contributed by atoms with van der Waals surface area (Å²) < 4.78 is 0. The average Bonchev–Trinajstić information content (AvgIpc) is 2.15. The second-order valence-electron chi connectivity index (χ2n) is 4.27. The highest BCUT2D eigenvalue weighted by atomic mass is 16.3. The molecule has 0 saturated carbocycles. The Morgan fingerprint density at radius 3 is 2.50 bits per heavy atom. The average molecular weight is 193 g/mol. The third-order valence-corrected chi connectivity index (χ3v) is 1.96. The lowest BCUT2D eigenvalue weighted by molar-refractivity contribution is -0.135. The number of aliphatic hydroxyl groups is 1. The molecule has 0 saturated heterocycles. The molecule has 0 spiro atoms. The van der Waals surface area contributed by atoms with E-state index in [4.69, 9.17) is 0 Å². The van der Waals surface area contributed by atoms with E-state index in [2.05, 4.69) is 4.98 Å². The van der Waals surface area contributed by atoms with Gasteiger partial charge in [-0.25, -0.2) is 0 Å². The standard InChI is InChI=1S/C11H15NO2/c1-11(2,3)10(14)9(13)8-6-4-5-7-12-8/h4-7,9,13H,1-3H3/t9-/m1/s1. The third kappa shape index (κ3) is 2.39. The Morgan fingerprint density at radius 1 is 1.43 bits per heavy atom. The normalized spacial score (nSPS) is 13.7. The number of hydrogen-bond donors (Lipinski definition) is 1. The van der Waals surface area contributed by atoms with Gasteiger partial charge in [-0.1, -0.05) is 26.8 Å². The summed E-state index contributed by atoms with van der Waals surface area (Å²) in [7, 11) is 0. The summed E-state index contributed by atoms with van der Waals surface area (Å²) in [6.07, 6.45) is 0.449. The van der Waals surface area contributed by atoms with Gasteiger partial charge < -0.3 is 5.11 Å². The van der Waals surface area contributed by atoms with Gasteiger partial charge in [-0.05, 0) is 12.1 Å². The molecule has 3 nitrogen and oxygen atoms in total. The Balaban J connectivity index is 2.87. The predicted octanol–water partition coefficient (Wildman–Crippen LogP) is 1.73. The fraction of sp³-hybridized carbons (Fsp3) is 0.455. The van der Waals surface area contributed by atoms with Crippen molar-refractivity contribution in [1.82, 2.24) is 4.98 Å². The first-order chi connectivity index (χ1) is 6.43. The quantitative estimate of drug-likeness (QED) is 0.778. The molecule has 0 radical (unpaired) electrons. The van der Waals surface area contributed by atoms with Gasteiger partial charge in [0.15, 0.2) is 11.9 Å². The van der Waals surface area contributed by atoms with E-state index < -0.39 is 11.5 Å². The molecule has 3 heteroatoms. The van der Waals surface area contributed by atoms with Gasteiger partial charge in [0, 0.05) is 11.6 Å². The second-order valence-corrected chi connectivity index (χ2v) is 4.27. The summed E-state index contributed by atoms with van der Waals surface area (Å²) >= 11 is 0. The first-order valence-corrected chi connectivity index (χ1v) is 4.56. The van der Waals surface area contributed by atoms with Gasteiger partial charge in [-0.15, -0.1) is 0 Å². The van der Waals surface area contributed by atoms with Crippen molar-refractivity contribution in [2.75, 3.05) is 0 Å². The van der Waals surface area contributed by atoms with Gasteiger partial charge in [0.1, 0.15) is 0 Å². The molecule has 0 aliphatic rings. The highest BCUT2D eigenvalue weighted by Crippen LogP contribution is 2.23. The second kappa shape index (κ2) is 3.88. The third-order valence-electron chi connectivity index (χ3n) is 1.96. The van der Waals surface area contributed by atoms with Crippen LogP contribution in [0.3, 0.4) is 0 Å². The number of carbonyl (C=O) groups excluding carboxylic acids is 1. The molecule has 14 heavy (non-hydrogen) atoms. The first kappa shape index (κ1) is 10.9. The van der Waals surface area contributed by atoms with Crippen LogP contribution < -0.4 is 0 Å². The molecule has 1 atom stereocenters. The van der Waals surface area contributed by atoms with E-state index in [1.807, 2.05) is 0 Å². The van der Waals surface area contributed by atoms with Crippen molar-refractivity contribution in [2.24, 2.45) is 5.41 Å². The lowest BCUT2D eigenvalue weighted by Crippen LogP contribution is -2.27. The molecule has 0 aliphatic heterocycles. The Bertz CT molecular complexity index is 314. The highest BCUT2D eigenvalue weighted by molar-refractivity contribution is 5.88. The molecule has 1 rings (SSSR count). The fourth-order valence-electron chi connectivity index (χ4n) is 1.08. The van der Waals surface area contributed by atoms with Crippen LogP contribution in [0.25, 0.3) is 0 Å². The van der Waals surface area contributed by atoms with Crippen LogP contribution in [-0.4, -0.2) is 15.9 Å². The number of hydrogen-bond acceptors (Lipinski definition) is 3. The maximum Gasteiger partial charge on any atom is 0.172 e. The van der Waals surface area contributed by atoms with Crippen molar-refractivity contribution in [2.45, 2.75) is 26.9 Å². The van der Waals surface area contributed by atoms with Gasteiger partial charge in [0.05, 0.1) is 5.69 Å². The predicted molar refractivity (Wildman–Crippen MR) is 53.7 cm³/mol. The molecule has 0 aromatic carbocycles. The summed E-state index contributed by atoms with van der Waals surface area (Å²) in [5.74, 6) is -0.212. The molecule has 0 unspecified atom stereocenters. The molecule has 0 fully saturated rings. The van der Waals surface area contributed by atoms with E-state index in [-0.39, 0.29) is 5.78 Å². The van der Waals surface area contributed by atoms with Gasteiger partial charge in [-0.2, -0.15) is 0 Å². The van der Waals surface area contributed by atoms with E-state index in [0.29, 0.717) is 5.69 Å². The zero-order chi connectivity index (χ0) is 10.8. The summed E-state index contributed by atoms with van der Waals surface area (Å²) in [5, 5.41) is 9.71. The molecule has 1 N–H and O–H groups in total. The summed E-state index contributed by atoms with van der Waals surface area (Å²) in [6, 6.07) is 5.15. The van der Waals surface area contributed by atoms with E-state index in [9.17, 15) is 9.90 Å². The minimum absolute atomic E-state index is 0.212. The topological polar surface area (TPSA) is 50.2 Å². The minimum atomic E-state index is -1.11. The SMILES string of the molecule is CC(C)(C)C(=O)[C@H](O)c1ccccn1. The van der Waals surface area contributed by atoms with Crippen LogP contribution in [0.2, 0.25) is 0 Å². The van der Waals surface area contributed by atoms with Crippen molar-refractivity contribution in [3.05, 3.63) is 30.1 Å². The maximum atomic E-state index is 11.7. The summed E-state index contributed by atoms with van der Waals surface area (Å²) in [6.45, 7) is 5.34. The number of aromatic nitrogens is 1. The van der Waals surface area contributed by atoms with Crippen molar-refractivity contribution in [3.63, 3.8) is 0 Å². The number of Topliss-reactive ketones (excluding diaryl/α,β-unsaturated/α-hetero) is 1. The number of aliphatic hydroxyl groups excluding tert-OH is 1. The lowest BCUT2D eigenvalue weighted by Gasteiger charge is -2.20. The molecule has 1 aromatic heterocycles. The number of carbonyl (C=O) groups is 1. The first-order valence-electron chi connectivity index (χ1n) is 4.56.